The van der Waals surface area contributed by atoms with Gasteiger partial charge in [0.25, 0.3) is 0 Å². The predicted molar refractivity (Wildman–Crippen MR) is 56.2 cm³/mol. The summed E-state index contributed by atoms with van der Waals surface area (Å²) in [6.45, 7) is 3.18. The lowest BCUT2D eigenvalue weighted by atomic mass is 10.3. The smallest absolute Gasteiger partial charge is 0.212 e. The highest BCUT2D eigenvalue weighted by atomic mass is 35.7. The first-order valence-electron chi connectivity index (χ1n) is 3.90. The van der Waals surface area contributed by atoms with Gasteiger partial charge in [0, 0.05) is 16.7 Å². The van der Waals surface area contributed by atoms with Crippen molar-refractivity contribution in [3.8, 4) is 0 Å². The summed E-state index contributed by atoms with van der Waals surface area (Å²) >= 11 is 0. The van der Waals surface area contributed by atoms with Crippen molar-refractivity contribution in [2.24, 2.45) is 0 Å². The Morgan fingerprint density at radius 2 is 1.81 bits per heavy atom. The molecule has 0 saturated heterocycles. The van der Waals surface area contributed by atoms with E-state index in [0.29, 0.717) is 6.07 Å². The molecule has 7 heteroatoms. The van der Waals surface area contributed by atoms with Crippen LogP contribution in [0.1, 0.15) is 0 Å². The molecule has 1 aromatic rings. The lowest BCUT2D eigenvalue weighted by molar-refractivity contribution is 0.495. The Kier molecular flexibility index (Phi) is 6.13. The van der Waals surface area contributed by atoms with Crippen LogP contribution in [0.4, 0.5) is 13.2 Å². The largest absolute Gasteiger partial charge is 0.236 e. The minimum absolute atomic E-state index is 0.158. The van der Waals surface area contributed by atoms with Crippen molar-refractivity contribution in [1.29, 1.82) is 0 Å². The van der Waals surface area contributed by atoms with Gasteiger partial charge in [-0.15, -0.1) is 6.58 Å². The molecule has 0 bridgehead atoms. The molecule has 2 nitrogen and oxygen atoms in total. The predicted octanol–water partition coefficient (Wildman–Crippen LogP) is 2.84. The Morgan fingerprint density at radius 3 is 2.06 bits per heavy atom. The average Bonchev–Trinajstić information content (AvgIpc) is 2.11. The third kappa shape index (κ3) is 7.30. The highest BCUT2D eigenvalue weighted by Gasteiger charge is 1.99. The monoisotopic (exact) mass is 272 g/mol. The van der Waals surface area contributed by atoms with Gasteiger partial charge >= 0.3 is 0 Å². The van der Waals surface area contributed by atoms with E-state index in [1.165, 1.54) is 6.08 Å². The minimum Gasteiger partial charge on any atom is -0.212 e. The first-order valence-corrected chi connectivity index (χ1v) is 6.38. The maximum Gasteiger partial charge on any atom is 0.236 e. The lowest BCUT2D eigenvalue weighted by Gasteiger charge is -1.88. The maximum atomic E-state index is 12.0. The van der Waals surface area contributed by atoms with Crippen molar-refractivity contribution in [3.63, 3.8) is 0 Å². The fraction of sp³-hybridized carbons (Fsp3) is 0.111. The molecular formula is C9H8ClF3O2S. The summed E-state index contributed by atoms with van der Waals surface area (Å²) in [4.78, 5) is 0. The number of benzene rings is 1. The fourth-order valence-corrected chi connectivity index (χ4v) is 1.16. The molecule has 1 rings (SSSR count). The van der Waals surface area contributed by atoms with Gasteiger partial charge in [0.05, 0.1) is 5.75 Å². The van der Waals surface area contributed by atoms with Crippen molar-refractivity contribution in [2.45, 2.75) is 0 Å². The Bertz CT molecular complexity index is 460. The highest BCUT2D eigenvalue weighted by molar-refractivity contribution is 8.13. The van der Waals surface area contributed by atoms with Gasteiger partial charge < -0.3 is 0 Å². The van der Waals surface area contributed by atoms with E-state index in [2.05, 4.69) is 6.58 Å². The summed E-state index contributed by atoms with van der Waals surface area (Å²) < 4.78 is 55.7. The Balaban J connectivity index is 0.000000293. The molecule has 0 aromatic heterocycles. The van der Waals surface area contributed by atoms with Gasteiger partial charge in [-0.3, -0.25) is 0 Å². The molecule has 0 N–H and O–H groups in total. The molecule has 0 radical (unpaired) electrons. The van der Waals surface area contributed by atoms with E-state index >= 15 is 0 Å². The summed E-state index contributed by atoms with van der Waals surface area (Å²) in [5.41, 5.74) is 0. The van der Waals surface area contributed by atoms with Crippen LogP contribution in [-0.4, -0.2) is 14.2 Å². The molecule has 90 valence electrons. The quantitative estimate of drug-likeness (QED) is 0.471. The SMILES string of the molecule is C=CCS(=O)(=O)Cl.Fc1ccc(F)c(F)c1. The van der Waals surface area contributed by atoms with Crippen LogP contribution in [0, 0.1) is 17.5 Å². The number of hydrogen-bond donors (Lipinski definition) is 0. The third-order valence-corrected chi connectivity index (χ3v) is 2.21. The Labute approximate surface area is 95.8 Å². The molecule has 0 fully saturated rings. The van der Waals surface area contributed by atoms with Crippen LogP contribution in [-0.2, 0) is 9.05 Å². The second kappa shape index (κ2) is 6.55. The van der Waals surface area contributed by atoms with Crippen molar-refractivity contribution in [2.75, 3.05) is 5.75 Å². The van der Waals surface area contributed by atoms with Gasteiger partial charge in [-0.1, -0.05) is 6.08 Å². The van der Waals surface area contributed by atoms with E-state index in [-0.39, 0.29) is 5.75 Å². The third-order valence-electron chi connectivity index (χ3n) is 1.20. The molecule has 16 heavy (non-hydrogen) atoms. The van der Waals surface area contributed by atoms with Crippen molar-refractivity contribution < 1.29 is 21.6 Å². The van der Waals surface area contributed by atoms with E-state index in [1.807, 2.05) is 0 Å². The average molecular weight is 273 g/mol. The molecule has 0 spiro atoms. The van der Waals surface area contributed by atoms with Gasteiger partial charge in [0.2, 0.25) is 9.05 Å². The normalized spacial score (nSPS) is 10.2. The molecule has 0 saturated carbocycles. The zero-order chi connectivity index (χ0) is 12.8. The fourth-order valence-electron chi connectivity index (χ4n) is 0.611. The topological polar surface area (TPSA) is 34.1 Å². The van der Waals surface area contributed by atoms with Crippen LogP contribution in [0.15, 0.2) is 30.9 Å². The second-order valence-corrected chi connectivity index (χ2v) is 5.37. The first-order chi connectivity index (χ1) is 7.26. The number of hydrogen-bond acceptors (Lipinski definition) is 2. The van der Waals surface area contributed by atoms with Crippen molar-refractivity contribution in [1.82, 2.24) is 0 Å². The van der Waals surface area contributed by atoms with Crippen LogP contribution in [0.5, 0.6) is 0 Å². The van der Waals surface area contributed by atoms with Gasteiger partial charge in [0.15, 0.2) is 11.6 Å². The van der Waals surface area contributed by atoms with Gasteiger partial charge in [-0.05, 0) is 12.1 Å². The molecule has 0 aliphatic heterocycles. The Hall–Kier alpha value is -1.01. The van der Waals surface area contributed by atoms with E-state index in [4.69, 9.17) is 10.7 Å². The summed E-state index contributed by atoms with van der Waals surface area (Å²) in [6, 6.07) is 2.10. The van der Waals surface area contributed by atoms with E-state index in [9.17, 15) is 21.6 Å². The molecular weight excluding hydrogens is 265 g/mol. The zero-order valence-electron chi connectivity index (χ0n) is 7.96. The summed E-state index contributed by atoms with van der Waals surface area (Å²) in [5, 5.41) is 0. The minimum atomic E-state index is -3.32. The lowest BCUT2D eigenvalue weighted by Crippen LogP contribution is -1.90. The molecule has 0 amide bonds. The first kappa shape index (κ1) is 15.0. The second-order valence-electron chi connectivity index (χ2n) is 2.55. The summed E-state index contributed by atoms with van der Waals surface area (Å²) in [6.07, 6.45) is 1.24. The van der Waals surface area contributed by atoms with Crippen LogP contribution < -0.4 is 0 Å². The number of halogens is 4. The van der Waals surface area contributed by atoms with Crippen LogP contribution in [0.3, 0.4) is 0 Å². The van der Waals surface area contributed by atoms with Gasteiger partial charge in [0.1, 0.15) is 5.82 Å². The highest BCUT2D eigenvalue weighted by Crippen LogP contribution is 2.05. The molecule has 1 aromatic carbocycles. The van der Waals surface area contributed by atoms with Crippen LogP contribution >= 0.6 is 10.7 Å². The Morgan fingerprint density at radius 1 is 1.25 bits per heavy atom. The van der Waals surface area contributed by atoms with Crippen molar-refractivity contribution >= 4 is 19.7 Å². The van der Waals surface area contributed by atoms with E-state index in [0.717, 1.165) is 12.1 Å². The van der Waals surface area contributed by atoms with Crippen molar-refractivity contribution in [3.05, 3.63) is 48.3 Å². The molecule has 0 heterocycles. The van der Waals surface area contributed by atoms with Gasteiger partial charge in [-0.2, -0.15) is 0 Å². The molecule has 0 aliphatic rings. The van der Waals surface area contributed by atoms with Gasteiger partial charge in [-0.25, -0.2) is 21.6 Å². The summed E-state index contributed by atoms with van der Waals surface area (Å²) in [5.74, 6) is -3.12. The molecule has 0 atom stereocenters. The molecule has 0 aliphatic carbocycles. The standard InChI is InChI=1S/C6H3F3.C3H5ClO2S/c7-4-1-2-5(8)6(9)3-4;1-2-3-7(4,5)6/h1-3H;2H,1,3H2. The van der Waals surface area contributed by atoms with E-state index < -0.39 is 26.5 Å². The maximum absolute atomic E-state index is 12.0. The van der Waals surface area contributed by atoms with Crippen LogP contribution in [0.25, 0.3) is 0 Å². The van der Waals surface area contributed by atoms with Crippen LogP contribution in [0.2, 0.25) is 0 Å². The molecule has 0 unspecified atom stereocenters. The number of rotatable bonds is 2. The zero-order valence-corrected chi connectivity index (χ0v) is 9.53. The summed E-state index contributed by atoms with van der Waals surface area (Å²) in [7, 11) is 1.41. The van der Waals surface area contributed by atoms with E-state index in [1.54, 1.807) is 0 Å².